The smallest absolute Gasteiger partial charge is 0.170 e. The van der Waals surface area contributed by atoms with Gasteiger partial charge in [0.25, 0.3) is 0 Å². The molecule has 2 heterocycles. The summed E-state index contributed by atoms with van der Waals surface area (Å²) in [6.07, 6.45) is 2.70. The molecule has 13 heavy (non-hydrogen) atoms. The summed E-state index contributed by atoms with van der Waals surface area (Å²) < 4.78 is 10.8. The second kappa shape index (κ2) is 4.40. The molecule has 0 spiro atoms. The highest BCUT2D eigenvalue weighted by molar-refractivity contribution is 4.71. The van der Waals surface area contributed by atoms with Crippen molar-refractivity contribution in [2.75, 3.05) is 32.8 Å². The van der Waals surface area contributed by atoms with E-state index in [0.29, 0.717) is 0 Å². The van der Waals surface area contributed by atoms with Gasteiger partial charge in [0, 0.05) is 6.54 Å². The normalized spacial score (nSPS) is 28.4. The van der Waals surface area contributed by atoms with E-state index in [1.165, 1.54) is 25.9 Å². The Balaban J connectivity index is 1.69. The molecule has 3 heteroatoms. The Bertz CT molecular complexity index is 149. The minimum absolute atomic E-state index is 0.0495. The summed E-state index contributed by atoms with van der Waals surface area (Å²) in [4.78, 5) is 2.45. The fourth-order valence-electron chi connectivity index (χ4n) is 1.97. The van der Waals surface area contributed by atoms with Gasteiger partial charge >= 0.3 is 0 Å². The highest BCUT2D eigenvalue weighted by Crippen LogP contribution is 2.17. The average molecular weight is 185 g/mol. The van der Waals surface area contributed by atoms with Crippen LogP contribution >= 0.6 is 0 Å². The van der Waals surface area contributed by atoms with Crippen LogP contribution in [-0.4, -0.2) is 44.0 Å². The summed E-state index contributed by atoms with van der Waals surface area (Å²) in [6, 6.07) is 0. The van der Waals surface area contributed by atoms with Gasteiger partial charge in [-0.05, 0) is 31.8 Å². The van der Waals surface area contributed by atoms with Crippen LogP contribution in [-0.2, 0) is 9.47 Å². The van der Waals surface area contributed by atoms with Crippen molar-refractivity contribution in [3.05, 3.63) is 0 Å². The molecule has 0 N–H and O–H groups in total. The highest BCUT2D eigenvalue weighted by Gasteiger charge is 2.22. The van der Waals surface area contributed by atoms with Crippen molar-refractivity contribution in [2.24, 2.45) is 5.92 Å². The van der Waals surface area contributed by atoms with Gasteiger partial charge in [0.15, 0.2) is 6.29 Å². The molecule has 0 amide bonds. The van der Waals surface area contributed by atoms with Crippen molar-refractivity contribution in [2.45, 2.75) is 26.1 Å². The summed E-state index contributed by atoms with van der Waals surface area (Å²) in [6.45, 7) is 7.27. The summed E-state index contributed by atoms with van der Waals surface area (Å²) in [5.74, 6) is 0.904. The quantitative estimate of drug-likeness (QED) is 0.643. The Morgan fingerprint density at radius 1 is 1.15 bits per heavy atom. The molecule has 0 aromatic heterocycles. The minimum Gasteiger partial charge on any atom is -0.349 e. The first kappa shape index (κ1) is 9.44. The number of likely N-dealkylation sites (tertiary alicyclic amines) is 1. The monoisotopic (exact) mass is 185 g/mol. The Morgan fingerprint density at radius 3 is 2.38 bits per heavy atom. The number of nitrogens with zero attached hydrogens (tertiary/aromatic N) is 1. The second-order valence-electron chi connectivity index (χ2n) is 4.15. The van der Waals surface area contributed by atoms with E-state index in [1.54, 1.807) is 0 Å². The van der Waals surface area contributed by atoms with Crippen LogP contribution in [0.5, 0.6) is 0 Å². The average Bonchev–Trinajstić information content (AvgIpc) is 2.62. The van der Waals surface area contributed by atoms with E-state index in [9.17, 15) is 0 Å². The third-order valence-corrected chi connectivity index (χ3v) is 2.97. The number of hydrogen-bond acceptors (Lipinski definition) is 3. The zero-order valence-electron chi connectivity index (χ0n) is 8.37. The Hall–Kier alpha value is -0.120. The standard InChI is InChI=1S/C10H19NO2/c1-9-2-4-11(5-3-9)8-10-12-6-7-13-10/h9-10H,2-8H2,1H3. The van der Waals surface area contributed by atoms with Gasteiger partial charge < -0.3 is 9.47 Å². The maximum atomic E-state index is 5.42. The largest absolute Gasteiger partial charge is 0.349 e. The van der Waals surface area contributed by atoms with Gasteiger partial charge in [-0.2, -0.15) is 0 Å². The molecule has 3 nitrogen and oxygen atoms in total. The van der Waals surface area contributed by atoms with Gasteiger partial charge in [0.05, 0.1) is 13.2 Å². The summed E-state index contributed by atoms with van der Waals surface area (Å²) >= 11 is 0. The molecule has 2 aliphatic rings. The number of piperidine rings is 1. The Labute approximate surface area is 80.0 Å². The van der Waals surface area contributed by atoms with E-state index in [-0.39, 0.29) is 6.29 Å². The molecule has 0 unspecified atom stereocenters. The summed E-state index contributed by atoms with van der Waals surface area (Å²) in [5, 5.41) is 0. The summed E-state index contributed by atoms with van der Waals surface area (Å²) in [7, 11) is 0. The van der Waals surface area contributed by atoms with Crippen LogP contribution in [0.3, 0.4) is 0 Å². The zero-order chi connectivity index (χ0) is 9.10. The molecule has 0 aromatic rings. The van der Waals surface area contributed by atoms with Crippen LogP contribution in [0.2, 0.25) is 0 Å². The summed E-state index contributed by atoms with van der Waals surface area (Å²) in [5.41, 5.74) is 0. The third kappa shape index (κ3) is 2.66. The predicted octanol–water partition coefficient (Wildman–Crippen LogP) is 1.09. The van der Waals surface area contributed by atoms with Crippen molar-refractivity contribution in [1.82, 2.24) is 4.90 Å². The molecule has 2 fully saturated rings. The van der Waals surface area contributed by atoms with E-state index in [0.717, 1.165) is 25.7 Å². The lowest BCUT2D eigenvalue weighted by molar-refractivity contribution is -0.0657. The minimum atomic E-state index is 0.0495. The lowest BCUT2D eigenvalue weighted by Gasteiger charge is -2.31. The van der Waals surface area contributed by atoms with Crippen molar-refractivity contribution < 1.29 is 9.47 Å². The number of rotatable bonds is 2. The molecule has 0 saturated carbocycles. The zero-order valence-corrected chi connectivity index (χ0v) is 8.37. The molecular weight excluding hydrogens is 166 g/mol. The number of ether oxygens (including phenoxy) is 2. The maximum Gasteiger partial charge on any atom is 0.170 e. The van der Waals surface area contributed by atoms with Gasteiger partial charge in [-0.25, -0.2) is 0 Å². The fourth-order valence-corrected chi connectivity index (χ4v) is 1.97. The van der Waals surface area contributed by atoms with Crippen molar-refractivity contribution in [1.29, 1.82) is 0 Å². The van der Waals surface area contributed by atoms with E-state index in [2.05, 4.69) is 11.8 Å². The Morgan fingerprint density at radius 2 is 1.77 bits per heavy atom. The van der Waals surface area contributed by atoms with E-state index in [4.69, 9.17) is 9.47 Å². The van der Waals surface area contributed by atoms with Gasteiger partial charge in [0.1, 0.15) is 0 Å². The molecule has 2 rings (SSSR count). The molecular formula is C10H19NO2. The van der Waals surface area contributed by atoms with Crippen molar-refractivity contribution >= 4 is 0 Å². The lowest BCUT2D eigenvalue weighted by atomic mass is 9.99. The van der Waals surface area contributed by atoms with Crippen LogP contribution in [0.15, 0.2) is 0 Å². The van der Waals surface area contributed by atoms with Crippen molar-refractivity contribution in [3.63, 3.8) is 0 Å². The maximum absolute atomic E-state index is 5.42. The van der Waals surface area contributed by atoms with Gasteiger partial charge in [-0.3, -0.25) is 4.90 Å². The lowest BCUT2D eigenvalue weighted by Crippen LogP contribution is -2.38. The van der Waals surface area contributed by atoms with E-state index < -0.39 is 0 Å². The first-order valence-electron chi connectivity index (χ1n) is 5.30. The third-order valence-electron chi connectivity index (χ3n) is 2.97. The van der Waals surface area contributed by atoms with Gasteiger partial charge in [-0.15, -0.1) is 0 Å². The van der Waals surface area contributed by atoms with Crippen LogP contribution in [0, 0.1) is 5.92 Å². The van der Waals surface area contributed by atoms with Gasteiger partial charge in [0.2, 0.25) is 0 Å². The van der Waals surface area contributed by atoms with E-state index in [1.807, 2.05) is 0 Å². The Kier molecular flexibility index (Phi) is 3.19. The molecule has 76 valence electrons. The van der Waals surface area contributed by atoms with Crippen LogP contribution in [0.1, 0.15) is 19.8 Å². The molecule has 0 aliphatic carbocycles. The van der Waals surface area contributed by atoms with E-state index >= 15 is 0 Å². The van der Waals surface area contributed by atoms with Crippen LogP contribution < -0.4 is 0 Å². The molecule has 0 atom stereocenters. The highest BCUT2D eigenvalue weighted by atomic mass is 16.7. The fraction of sp³-hybridized carbons (Fsp3) is 1.00. The van der Waals surface area contributed by atoms with Crippen LogP contribution in [0.25, 0.3) is 0 Å². The molecule has 0 radical (unpaired) electrons. The predicted molar refractivity (Wildman–Crippen MR) is 50.5 cm³/mol. The topological polar surface area (TPSA) is 21.7 Å². The molecule has 2 saturated heterocycles. The van der Waals surface area contributed by atoms with Gasteiger partial charge in [-0.1, -0.05) is 6.92 Å². The SMILES string of the molecule is CC1CCN(CC2OCCO2)CC1. The first-order chi connectivity index (χ1) is 6.34. The van der Waals surface area contributed by atoms with Crippen molar-refractivity contribution in [3.8, 4) is 0 Å². The number of hydrogen-bond donors (Lipinski definition) is 0. The molecule has 0 aromatic carbocycles. The molecule has 2 aliphatic heterocycles. The second-order valence-corrected chi connectivity index (χ2v) is 4.15. The van der Waals surface area contributed by atoms with Crippen LogP contribution in [0.4, 0.5) is 0 Å². The molecule has 0 bridgehead atoms. The first-order valence-corrected chi connectivity index (χ1v) is 5.30.